The highest BCUT2D eigenvalue weighted by atomic mass is 16.5. The first-order valence-corrected chi connectivity index (χ1v) is 7.13. The molecule has 6 heteroatoms. The van der Waals surface area contributed by atoms with Crippen LogP contribution in [0.5, 0.6) is 0 Å². The summed E-state index contributed by atoms with van der Waals surface area (Å²) in [5.41, 5.74) is 3.47. The number of benzene rings is 1. The van der Waals surface area contributed by atoms with Gasteiger partial charge in [0, 0.05) is 31.3 Å². The number of anilines is 1. The summed E-state index contributed by atoms with van der Waals surface area (Å²) >= 11 is 0. The number of ether oxygens (including phenoxy) is 2. The second kappa shape index (κ2) is 6.69. The second-order valence-electron chi connectivity index (χ2n) is 4.92. The van der Waals surface area contributed by atoms with Crippen LogP contribution in [0, 0.1) is 0 Å². The first-order valence-electron chi connectivity index (χ1n) is 7.13. The van der Waals surface area contributed by atoms with E-state index in [0.717, 1.165) is 18.5 Å². The highest BCUT2D eigenvalue weighted by molar-refractivity contribution is 5.64. The second-order valence-corrected chi connectivity index (χ2v) is 4.92. The van der Waals surface area contributed by atoms with Crippen molar-refractivity contribution in [3.05, 3.63) is 29.6 Å². The van der Waals surface area contributed by atoms with E-state index in [1.54, 1.807) is 7.11 Å². The third-order valence-electron chi connectivity index (χ3n) is 3.43. The molecular formula is C15H19N3O3. The van der Waals surface area contributed by atoms with Gasteiger partial charge in [0.05, 0.1) is 19.8 Å². The largest absolute Gasteiger partial charge is 0.384 e. The molecule has 0 spiro atoms. The quantitative estimate of drug-likeness (QED) is 0.785. The predicted octanol–water partition coefficient (Wildman–Crippen LogP) is 1.91. The first kappa shape index (κ1) is 14.0. The van der Waals surface area contributed by atoms with Gasteiger partial charge in [-0.2, -0.15) is 4.98 Å². The van der Waals surface area contributed by atoms with Crippen LogP contribution >= 0.6 is 0 Å². The smallest absolute Gasteiger partial charge is 0.257 e. The van der Waals surface area contributed by atoms with Crippen molar-refractivity contribution < 1.29 is 14.0 Å². The van der Waals surface area contributed by atoms with Crippen LogP contribution in [0.3, 0.4) is 0 Å². The number of hydrogen-bond acceptors (Lipinski definition) is 6. The molecular weight excluding hydrogens is 270 g/mol. The van der Waals surface area contributed by atoms with Gasteiger partial charge >= 0.3 is 0 Å². The molecule has 6 nitrogen and oxygen atoms in total. The molecule has 0 saturated heterocycles. The Kier molecular flexibility index (Phi) is 4.47. The standard InChI is InChI=1S/C15H19N3O3/c1-19-8-9-20-7-5-14-17-15(21-18-14)12-2-3-13-11(10-12)4-6-16-13/h2-3,10,16H,4-9H2,1H3. The molecule has 1 N–H and O–H groups in total. The highest BCUT2D eigenvalue weighted by Gasteiger charge is 2.14. The minimum atomic E-state index is 0.566. The molecule has 0 unspecified atom stereocenters. The number of rotatable bonds is 7. The maximum absolute atomic E-state index is 5.40. The Morgan fingerprint density at radius 1 is 1.29 bits per heavy atom. The average molecular weight is 289 g/mol. The molecule has 0 aliphatic carbocycles. The summed E-state index contributed by atoms with van der Waals surface area (Å²) in [6.45, 7) is 2.74. The summed E-state index contributed by atoms with van der Waals surface area (Å²) < 4.78 is 15.6. The van der Waals surface area contributed by atoms with Gasteiger partial charge in [0.2, 0.25) is 0 Å². The lowest BCUT2D eigenvalue weighted by Crippen LogP contribution is -2.05. The van der Waals surface area contributed by atoms with Crippen LogP contribution in [-0.2, 0) is 22.3 Å². The molecule has 1 aromatic heterocycles. The fraction of sp³-hybridized carbons (Fsp3) is 0.467. The van der Waals surface area contributed by atoms with Crippen molar-refractivity contribution >= 4 is 5.69 Å². The van der Waals surface area contributed by atoms with E-state index in [1.165, 1.54) is 11.3 Å². The Morgan fingerprint density at radius 3 is 3.14 bits per heavy atom. The minimum Gasteiger partial charge on any atom is -0.384 e. The first-order chi connectivity index (χ1) is 10.4. The van der Waals surface area contributed by atoms with E-state index in [9.17, 15) is 0 Å². The van der Waals surface area contributed by atoms with E-state index in [1.807, 2.05) is 6.07 Å². The third kappa shape index (κ3) is 3.40. The Hall–Kier alpha value is -1.92. The van der Waals surface area contributed by atoms with Crippen LogP contribution in [0.4, 0.5) is 5.69 Å². The number of methoxy groups -OCH3 is 1. The van der Waals surface area contributed by atoms with Gasteiger partial charge in [-0.3, -0.25) is 0 Å². The molecule has 1 aromatic carbocycles. The average Bonchev–Trinajstić information content (AvgIpc) is 3.15. The van der Waals surface area contributed by atoms with Crippen LogP contribution in [0.15, 0.2) is 22.7 Å². The molecule has 0 atom stereocenters. The van der Waals surface area contributed by atoms with Crippen LogP contribution in [0.2, 0.25) is 0 Å². The van der Waals surface area contributed by atoms with Gasteiger partial charge in [-0.15, -0.1) is 0 Å². The van der Waals surface area contributed by atoms with Crippen LogP contribution in [0.1, 0.15) is 11.4 Å². The van der Waals surface area contributed by atoms with Crippen molar-refractivity contribution in [1.29, 1.82) is 0 Å². The summed E-state index contributed by atoms with van der Waals surface area (Å²) in [4.78, 5) is 4.41. The van der Waals surface area contributed by atoms with Gasteiger partial charge in [0.15, 0.2) is 5.82 Å². The zero-order chi connectivity index (χ0) is 14.5. The van der Waals surface area contributed by atoms with Gasteiger partial charge in [0.25, 0.3) is 5.89 Å². The Balaban J connectivity index is 1.59. The van der Waals surface area contributed by atoms with Crippen LogP contribution in [-0.4, -0.2) is 43.6 Å². The zero-order valence-corrected chi connectivity index (χ0v) is 12.1. The molecule has 0 bridgehead atoms. The molecule has 1 aliphatic rings. The van der Waals surface area contributed by atoms with Crippen molar-refractivity contribution in [3.8, 4) is 11.5 Å². The van der Waals surface area contributed by atoms with Gasteiger partial charge in [0.1, 0.15) is 0 Å². The minimum absolute atomic E-state index is 0.566. The van der Waals surface area contributed by atoms with Crippen LogP contribution in [0.25, 0.3) is 11.5 Å². The maximum atomic E-state index is 5.40. The Bertz CT molecular complexity index is 598. The summed E-state index contributed by atoms with van der Waals surface area (Å²) in [5, 5.41) is 7.33. The molecule has 2 aromatic rings. The van der Waals surface area contributed by atoms with E-state index in [0.29, 0.717) is 38.0 Å². The Labute approximate surface area is 123 Å². The van der Waals surface area contributed by atoms with E-state index in [-0.39, 0.29) is 0 Å². The van der Waals surface area contributed by atoms with E-state index in [4.69, 9.17) is 14.0 Å². The monoisotopic (exact) mass is 289 g/mol. The summed E-state index contributed by atoms with van der Waals surface area (Å²) in [6.07, 6.45) is 1.68. The lowest BCUT2D eigenvalue weighted by molar-refractivity contribution is 0.0714. The topological polar surface area (TPSA) is 69.4 Å². The molecule has 1 aliphatic heterocycles. The van der Waals surface area contributed by atoms with Crippen molar-refractivity contribution in [3.63, 3.8) is 0 Å². The zero-order valence-electron chi connectivity index (χ0n) is 12.1. The van der Waals surface area contributed by atoms with E-state index in [2.05, 4.69) is 27.6 Å². The van der Waals surface area contributed by atoms with E-state index < -0.39 is 0 Å². The molecule has 21 heavy (non-hydrogen) atoms. The number of nitrogens with one attached hydrogen (secondary N) is 1. The summed E-state index contributed by atoms with van der Waals surface area (Å²) in [7, 11) is 1.65. The fourth-order valence-corrected chi connectivity index (χ4v) is 2.32. The SMILES string of the molecule is COCCOCCc1noc(-c2ccc3c(c2)CCN3)n1. The fourth-order valence-electron chi connectivity index (χ4n) is 2.32. The molecule has 2 heterocycles. The lowest BCUT2D eigenvalue weighted by atomic mass is 10.1. The highest BCUT2D eigenvalue weighted by Crippen LogP contribution is 2.27. The molecule has 0 fully saturated rings. The van der Waals surface area contributed by atoms with Crippen molar-refractivity contribution in [1.82, 2.24) is 10.1 Å². The molecule has 112 valence electrons. The molecule has 3 rings (SSSR count). The van der Waals surface area contributed by atoms with Gasteiger partial charge < -0.3 is 19.3 Å². The van der Waals surface area contributed by atoms with Gasteiger partial charge in [-0.25, -0.2) is 0 Å². The lowest BCUT2D eigenvalue weighted by Gasteiger charge is -2.01. The van der Waals surface area contributed by atoms with Crippen molar-refractivity contribution in [2.75, 3.05) is 38.8 Å². The molecule has 0 saturated carbocycles. The Morgan fingerprint density at radius 2 is 2.24 bits per heavy atom. The van der Waals surface area contributed by atoms with Crippen molar-refractivity contribution in [2.45, 2.75) is 12.8 Å². The summed E-state index contributed by atoms with van der Waals surface area (Å²) in [5.74, 6) is 1.23. The van der Waals surface area contributed by atoms with Crippen molar-refractivity contribution in [2.24, 2.45) is 0 Å². The number of nitrogens with zero attached hydrogens (tertiary/aromatic N) is 2. The predicted molar refractivity (Wildman–Crippen MR) is 78.3 cm³/mol. The molecule has 0 amide bonds. The number of hydrogen-bond donors (Lipinski definition) is 1. The normalized spacial score (nSPS) is 13.2. The van der Waals surface area contributed by atoms with E-state index >= 15 is 0 Å². The van der Waals surface area contributed by atoms with Gasteiger partial charge in [-0.1, -0.05) is 5.16 Å². The third-order valence-corrected chi connectivity index (χ3v) is 3.43. The number of aromatic nitrogens is 2. The summed E-state index contributed by atoms with van der Waals surface area (Å²) in [6, 6.07) is 6.18. The molecule has 0 radical (unpaired) electrons. The van der Waals surface area contributed by atoms with Crippen LogP contribution < -0.4 is 5.32 Å². The van der Waals surface area contributed by atoms with Gasteiger partial charge in [-0.05, 0) is 30.2 Å². The number of fused-ring (bicyclic) bond motifs is 1. The maximum Gasteiger partial charge on any atom is 0.257 e.